The smallest absolute Gasteiger partial charge is 0.148 e. The molecule has 0 spiro atoms. The van der Waals surface area contributed by atoms with E-state index in [4.69, 9.17) is 0 Å². The van der Waals surface area contributed by atoms with Crippen LogP contribution in [0.4, 0.5) is 5.82 Å². The molecule has 2 N–H and O–H groups in total. The van der Waals surface area contributed by atoms with Crippen molar-refractivity contribution in [1.82, 2.24) is 15.5 Å². The molecule has 0 bridgehead atoms. The molecule has 1 fully saturated rings. The zero-order valence-electron chi connectivity index (χ0n) is 17.5. The Labute approximate surface area is 167 Å². The van der Waals surface area contributed by atoms with E-state index in [9.17, 15) is 0 Å². The van der Waals surface area contributed by atoms with Gasteiger partial charge in [-0.3, -0.25) is 0 Å². The van der Waals surface area contributed by atoms with Gasteiger partial charge in [0.25, 0.3) is 0 Å². The van der Waals surface area contributed by atoms with Crippen molar-refractivity contribution in [2.45, 2.75) is 64.6 Å². The van der Waals surface area contributed by atoms with Crippen LogP contribution in [0.2, 0.25) is 0 Å². The first-order valence-corrected chi connectivity index (χ1v) is 10.1. The largest absolute Gasteiger partial charge is 0.366 e. The highest BCUT2D eigenvalue weighted by molar-refractivity contribution is 5.88. The fourth-order valence-corrected chi connectivity index (χ4v) is 4.82. The molecule has 4 rings (SSSR count). The van der Waals surface area contributed by atoms with Crippen LogP contribution in [-0.4, -0.2) is 27.3 Å². The van der Waals surface area contributed by atoms with Crippen LogP contribution in [0.25, 0.3) is 22.0 Å². The van der Waals surface area contributed by atoms with E-state index in [1.165, 1.54) is 16.3 Å². The van der Waals surface area contributed by atoms with Crippen molar-refractivity contribution < 1.29 is 0 Å². The number of aryl methyl sites for hydroxylation is 1. The number of piperidine rings is 1. The summed E-state index contributed by atoms with van der Waals surface area (Å²) < 4.78 is 0. The van der Waals surface area contributed by atoms with Crippen molar-refractivity contribution >= 4 is 16.6 Å². The van der Waals surface area contributed by atoms with Crippen molar-refractivity contribution in [2.75, 3.05) is 5.32 Å². The summed E-state index contributed by atoms with van der Waals surface area (Å²) in [5.41, 5.74) is 3.49. The Hall–Kier alpha value is -2.46. The minimum absolute atomic E-state index is 0.106. The van der Waals surface area contributed by atoms with Crippen LogP contribution >= 0.6 is 0 Å². The second kappa shape index (κ2) is 6.85. The van der Waals surface area contributed by atoms with Crippen molar-refractivity contribution in [3.05, 3.63) is 54.1 Å². The minimum Gasteiger partial charge on any atom is -0.366 e. The van der Waals surface area contributed by atoms with Gasteiger partial charge in [-0.05, 0) is 82.0 Å². The van der Waals surface area contributed by atoms with Gasteiger partial charge in [-0.1, -0.05) is 30.3 Å². The molecule has 1 aromatic heterocycles. The van der Waals surface area contributed by atoms with Crippen molar-refractivity contribution in [3.8, 4) is 11.3 Å². The van der Waals surface area contributed by atoms with Gasteiger partial charge in [0.05, 0.1) is 5.69 Å². The molecule has 0 saturated carbocycles. The number of benzene rings is 2. The molecule has 3 aromatic rings. The van der Waals surface area contributed by atoms with E-state index in [1.54, 1.807) is 0 Å². The number of hydrogen-bond acceptors (Lipinski definition) is 4. The Morgan fingerprint density at radius 1 is 0.893 bits per heavy atom. The second-order valence-electron chi connectivity index (χ2n) is 9.46. The molecule has 4 heteroatoms. The molecule has 1 aliphatic heterocycles. The summed E-state index contributed by atoms with van der Waals surface area (Å²) >= 11 is 0. The summed E-state index contributed by atoms with van der Waals surface area (Å²) in [6.45, 7) is 11.2. The van der Waals surface area contributed by atoms with Gasteiger partial charge < -0.3 is 10.6 Å². The number of nitrogens with one attached hydrogen (secondary N) is 2. The molecule has 1 saturated heterocycles. The highest BCUT2D eigenvalue weighted by atomic mass is 15.2. The number of rotatable bonds is 3. The van der Waals surface area contributed by atoms with Gasteiger partial charge in [0.2, 0.25) is 0 Å². The first kappa shape index (κ1) is 18.9. The molecule has 0 atom stereocenters. The number of fused-ring (bicyclic) bond motifs is 1. The Morgan fingerprint density at radius 2 is 1.54 bits per heavy atom. The fourth-order valence-electron chi connectivity index (χ4n) is 4.82. The second-order valence-corrected chi connectivity index (χ2v) is 9.46. The van der Waals surface area contributed by atoms with Gasteiger partial charge in [0, 0.05) is 22.7 Å². The maximum Gasteiger partial charge on any atom is 0.148 e. The average molecular weight is 375 g/mol. The summed E-state index contributed by atoms with van der Waals surface area (Å²) in [5.74, 6) is 0.848. The third kappa shape index (κ3) is 4.02. The quantitative estimate of drug-likeness (QED) is 0.651. The van der Waals surface area contributed by atoms with E-state index < -0.39 is 0 Å². The maximum absolute atomic E-state index is 4.53. The Balaban J connectivity index is 1.55. The summed E-state index contributed by atoms with van der Waals surface area (Å²) in [5, 5.41) is 18.8. The van der Waals surface area contributed by atoms with Crippen LogP contribution in [-0.2, 0) is 0 Å². The lowest BCUT2D eigenvalue weighted by atomic mass is 9.79. The van der Waals surface area contributed by atoms with Gasteiger partial charge in [-0.25, -0.2) is 0 Å². The Bertz CT molecular complexity index is 973. The summed E-state index contributed by atoms with van der Waals surface area (Å²) in [4.78, 5) is 0. The van der Waals surface area contributed by atoms with E-state index in [2.05, 4.69) is 104 Å². The molecule has 146 valence electrons. The molecule has 4 nitrogen and oxygen atoms in total. The number of anilines is 1. The number of hydrogen-bond donors (Lipinski definition) is 2. The highest BCUT2D eigenvalue weighted by Gasteiger charge is 2.37. The number of nitrogens with zero attached hydrogens (tertiary/aromatic N) is 2. The van der Waals surface area contributed by atoms with E-state index >= 15 is 0 Å². The molecular weight excluding hydrogens is 344 g/mol. The molecular formula is C24H30N4. The minimum atomic E-state index is 0.106. The third-order valence-corrected chi connectivity index (χ3v) is 5.58. The summed E-state index contributed by atoms with van der Waals surface area (Å²) in [6.07, 6.45) is 2.12. The van der Waals surface area contributed by atoms with Gasteiger partial charge in [0.15, 0.2) is 0 Å². The molecule has 0 radical (unpaired) electrons. The predicted octanol–water partition coefficient (Wildman–Crippen LogP) is 5.33. The summed E-state index contributed by atoms with van der Waals surface area (Å²) in [7, 11) is 0. The van der Waals surface area contributed by atoms with Crippen LogP contribution in [0.1, 0.15) is 46.1 Å². The van der Waals surface area contributed by atoms with Crippen LogP contribution in [0.3, 0.4) is 0 Å². The lowest BCUT2D eigenvalue weighted by Gasteiger charge is -2.46. The van der Waals surface area contributed by atoms with Gasteiger partial charge in [0.1, 0.15) is 5.82 Å². The van der Waals surface area contributed by atoms with Crippen molar-refractivity contribution in [1.29, 1.82) is 0 Å². The first-order chi connectivity index (χ1) is 13.2. The molecule has 0 amide bonds. The standard InChI is InChI=1S/C24H30N4/c1-16-12-17-8-6-7-9-18(17)13-20(16)21-10-11-22(27-26-21)25-19-14-23(2,3)28-24(4,5)15-19/h6-13,19,28H,14-15H2,1-5H3,(H,25,27). The molecule has 0 aliphatic carbocycles. The highest BCUT2D eigenvalue weighted by Crippen LogP contribution is 2.31. The zero-order chi connectivity index (χ0) is 19.9. The van der Waals surface area contributed by atoms with E-state index in [-0.39, 0.29) is 11.1 Å². The normalized spacial score (nSPS) is 18.9. The van der Waals surface area contributed by atoms with Gasteiger partial charge in [-0.2, -0.15) is 0 Å². The third-order valence-electron chi connectivity index (χ3n) is 5.58. The van der Waals surface area contributed by atoms with Crippen molar-refractivity contribution in [2.24, 2.45) is 0 Å². The maximum atomic E-state index is 4.53. The average Bonchev–Trinajstić information content (AvgIpc) is 2.59. The fraction of sp³-hybridized carbons (Fsp3) is 0.417. The first-order valence-electron chi connectivity index (χ1n) is 10.1. The monoisotopic (exact) mass is 374 g/mol. The number of aromatic nitrogens is 2. The van der Waals surface area contributed by atoms with Crippen molar-refractivity contribution in [3.63, 3.8) is 0 Å². The summed E-state index contributed by atoms with van der Waals surface area (Å²) in [6, 6.07) is 17.4. The lowest BCUT2D eigenvalue weighted by Crippen LogP contribution is -2.60. The van der Waals surface area contributed by atoms with Gasteiger partial charge in [-0.15, -0.1) is 10.2 Å². The van der Waals surface area contributed by atoms with E-state index in [0.717, 1.165) is 29.9 Å². The van der Waals surface area contributed by atoms with Crippen LogP contribution in [0.15, 0.2) is 48.5 Å². The molecule has 28 heavy (non-hydrogen) atoms. The Morgan fingerprint density at radius 3 is 2.14 bits per heavy atom. The van der Waals surface area contributed by atoms with Gasteiger partial charge >= 0.3 is 0 Å². The van der Waals surface area contributed by atoms with E-state index in [0.29, 0.717) is 6.04 Å². The molecule has 0 unspecified atom stereocenters. The zero-order valence-corrected chi connectivity index (χ0v) is 17.5. The SMILES string of the molecule is Cc1cc2ccccc2cc1-c1ccc(NC2CC(C)(C)NC(C)(C)C2)nn1. The van der Waals surface area contributed by atoms with Crippen LogP contribution in [0, 0.1) is 6.92 Å². The van der Waals surface area contributed by atoms with Crippen LogP contribution in [0.5, 0.6) is 0 Å². The van der Waals surface area contributed by atoms with E-state index in [1.807, 2.05) is 0 Å². The van der Waals surface area contributed by atoms with Crippen LogP contribution < -0.4 is 10.6 Å². The topological polar surface area (TPSA) is 49.8 Å². The lowest BCUT2D eigenvalue weighted by molar-refractivity contribution is 0.170. The molecule has 2 aromatic carbocycles. The Kier molecular flexibility index (Phi) is 4.62. The molecule has 2 heterocycles. The molecule has 1 aliphatic rings. The predicted molar refractivity (Wildman–Crippen MR) is 118 cm³/mol.